The number of aliphatic hydroxyl groups is 1. The van der Waals surface area contributed by atoms with E-state index >= 15 is 0 Å². The first kappa shape index (κ1) is 12.0. The molecule has 2 aromatic rings. The molecule has 17 heavy (non-hydrogen) atoms. The Morgan fingerprint density at radius 1 is 1.06 bits per heavy atom. The van der Waals surface area contributed by atoms with Crippen LogP contribution in [0.1, 0.15) is 31.4 Å². The van der Waals surface area contributed by atoms with Gasteiger partial charge in [-0.15, -0.1) is 0 Å². The number of aromatic nitrogens is 1. The zero-order chi connectivity index (χ0) is 12.1. The Morgan fingerprint density at radius 3 is 2.71 bits per heavy atom. The molecule has 0 unspecified atom stereocenters. The van der Waals surface area contributed by atoms with Crippen LogP contribution in [0.25, 0.3) is 10.9 Å². The van der Waals surface area contributed by atoms with Crippen LogP contribution in [0, 0.1) is 0 Å². The quantitative estimate of drug-likeness (QED) is 0.529. The van der Waals surface area contributed by atoms with Crippen LogP contribution in [0.2, 0.25) is 0 Å². The van der Waals surface area contributed by atoms with E-state index in [1.807, 2.05) is 12.1 Å². The Hall–Kier alpha value is -1.48. The first-order valence-electron chi connectivity index (χ1n) is 6.27. The molecule has 0 atom stereocenters. The number of nitrogens with two attached hydrogens (primary N) is 1. The molecular formula is C14H20N2O. The number of aliphatic hydroxyl groups excluding tert-OH is 1. The van der Waals surface area contributed by atoms with Crippen molar-refractivity contribution in [2.24, 2.45) is 0 Å². The van der Waals surface area contributed by atoms with Crippen molar-refractivity contribution in [3.8, 4) is 0 Å². The maximum absolute atomic E-state index is 8.69. The molecule has 4 N–H and O–H groups in total. The zero-order valence-corrected chi connectivity index (χ0v) is 10.1. The zero-order valence-electron chi connectivity index (χ0n) is 10.1. The van der Waals surface area contributed by atoms with Crippen molar-refractivity contribution in [3.63, 3.8) is 0 Å². The van der Waals surface area contributed by atoms with E-state index in [2.05, 4.69) is 17.1 Å². The van der Waals surface area contributed by atoms with Crippen molar-refractivity contribution in [1.29, 1.82) is 0 Å². The van der Waals surface area contributed by atoms with Gasteiger partial charge in [-0.25, -0.2) is 0 Å². The number of rotatable bonds is 6. The van der Waals surface area contributed by atoms with E-state index in [1.165, 1.54) is 23.9 Å². The second kappa shape index (κ2) is 5.73. The summed E-state index contributed by atoms with van der Waals surface area (Å²) in [7, 11) is 0. The number of benzene rings is 1. The Bertz CT molecular complexity index is 476. The highest BCUT2D eigenvalue weighted by atomic mass is 16.2. The number of aryl methyl sites for hydroxylation is 1. The lowest BCUT2D eigenvalue weighted by molar-refractivity contribution is 0.282. The van der Waals surface area contributed by atoms with Gasteiger partial charge in [-0.3, -0.25) is 0 Å². The van der Waals surface area contributed by atoms with Crippen LogP contribution in [0.4, 0.5) is 5.69 Å². The molecule has 0 amide bonds. The van der Waals surface area contributed by atoms with Crippen molar-refractivity contribution in [2.75, 3.05) is 12.3 Å². The predicted octanol–water partition coefficient (Wildman–Crippen LogP) is 2.85. The summed E-state index contributed by atoms with van der Waals surface area (Å²) in [6.07, 6.45) is 5.45. The molecule has 0 aliphatic carbocycles. The van der Waals surface area contributed by atoms with Crippen LogP contribution < -0.4 is 5.73 Å². The highest BCUT2D eigenvalue weighted by molar-refractivity contribution is 5.83. The second-order valence-electron chi connectivity index (χ2n) is 4.53. The van der Waals surface area contributed by atoms with Crippen molar-refractivity contribution >= 4 is 16.6 Å². The van der Waals surface area contributed by atoms with Gasteiger partial charge in [0.2, 0.25) is 0 Å². The summed E-state index contributed by atoms with van der Waals surface area (Å²) < 4.78 is 0. The van der Waals surface area contributed by atoms with Crippen molar-refractivity contribution in [2.45, 2.75) is 32.1 Å². The van der Waals surface area contributed by atoms with Gasteiger partial charge in [-0.1, -0.05) is 18.9 Å². The summed E-state index contributed by atoms with van der Waals surface area (Å²) in [6, 6.07) is 8.16. The molecule has 1 aromatic carbocycles. The first-order valence-corrected chi connectivity index (χ1v) is 6.27. The van der Waals surface area contributed by atoms with E-state index in [9.17, 15) is 0 Å². The molecule has 0 radical (unpaired) electrons. The number of hydrogen-bond acceptors (Lipinski definition) is 2. The summed E-state index contributed by atoms with van der Waals surface area (Å²) in [4.78, 5) is 3.40. The summed E-state index contributed by atoms with van der Waals surface area (Å²) in [5, 5.41) is 9.91. The summed E-state index contributed by atoms with van der Waals surface area (Å²) >= 11 is 0. The molecule has 1 heterocycles. The molecule has 0 aliphatic rings. The maximum atomic E-state index is 8.69. The van der Waals surface area contributed by atoms with Gasteiger partial charge in [0.1, 0.15) is 0 Å². The largest absolute Gasteiger partial charge is 0.399 e. The fraction of sp³-hybridized carbons (Fsp3) is 0.429. The summed E-state index contributed by atoms with van der Waals surface area (Å²) in [5.41, 5.74) is 8.94. The van der Waals surface area contributed by atoms with Crippen LogP contribution >= 0.6 is 0 Å². The Morgan fingerprint density at radius 2 is 1.88 bits per heavy atom. The number of anilines is 1. The maximum Gasteiger partial charge on any atom is 0.0476 e. The third-order valence-electron chi connectivity index (χ3n) is 3.06. The van der Waals surface area contributed by atoms with E-state index in [4.69, 9.17) is 10.8 Å². The highest BCUT2D eigenvalue weighted by Crippen LogP contribution is 2.19. The fourth-order valence-electron chi connectivity index (χ4n) is 2.12. The third kappa shape index (κ3) is 3.24. The molecule has 1 aromatic heterocycles. The molecule has 92 valence electrons. The smallest absolute Gasteiger partial charge is 0.0476 e. The van der Waals surface area contributed by atoms with Gasteiger partial charge in [0.15, 0.2) is 0 Å². The van der Waals surface area contributed by atoms with E-state index in [0.717, 1.165) is 30.5 Å². The SMILES string of the molecule is Nc1ccc2cc(CCCCCCO)[nH]c2c1. The van der Waals surface area contributed by atoms with Crippen molar-refractivity contribution in [3.05, 3.63) is 30.0 Å². The van der Waals surface area contributed by atoms with Crippen molar-refractivity contribution < 1.29 is 5.11 Å². The van der Waals surface area contributed by atoms with E-state index < -0.39 is 0 Å². The number of unbranched alkanes of at least 4 members (excludes halogenated alkanes) is 3. The number of nitrogen functional groups attached to an aromatic ring is 1. The van der Waals surface area contributed by atoms with Gasteiger partial charge in [-0.2, -0.15) is 0 Å². The molecule has 0 bridgehead atoms. The van der Waals surface area contributed by atoms with Gasteiger partial charge in [0.05, 0.1) is 0 Å². The van der Waals surface area contributed by atoms with Gasteiger partial charge in [-0.05, 0) is 42.8 Å². The van der Waals surface area contributed by atoms with Crippen LogP contribution in [-0.2, 0) is 6.42 Å². The fourth-order valence-corrected chi connectivity index (χ4v) is 2.12. The summed E-state index contributed by atoms with van der Waals surface area (Å²) in [5.74, 6) is 0. The first-order chi connectivity index (χ1) is 8.29. The van der Waals surface area contributed by atoms with Gasteiger partial charge in [0.25, 0.3) is 0 Å². The average Bonchev–Trinajstić information content (AvgIpc) is 2.70. The minimum atomic E-state index is 0.311. The number of fused-ring (bicyclic) bond motifs is 1. The van der Waals surface area contributed by atoms with Crippen molar-refractivity contribution in [1.82, 2.24) is 4.98 Å². The molecule has 3 nitrogen and oxygen atoms in total. The lowest BCUT2D eigenvalue weighted by Gasteiger charge is -1.98. The van der Waals surface area contributed by atoms with Crippen LogP contribution in [0.15, 0.2) is 24.3 Å². The number of nitrogens with one attached hydrogen (secondary N) is 1. The monoisotopic (exact) mass is 232 g/mol. The summed E-state index contributed by atoms with van der Waals surface area (Å²) in [6.45, 7) is 0.311. The molecule has 3 heteroatoms. The lowest BCUT2D eigenvalue weighted by Crippen LogP contribution is -1.87. The van der Waals surface area contributed by atoms with Gasteiger partial charge >= 0.3 is 0 Å². The molecule has 2 rings (SSSR count). The van der Waals surface area contributed by atoms with Crippen LogP contribution in [-0.4, -0.2) is 16.7 Å². The Balaban J connectivity index is 1.91. The van der Waals surface area contributed by atoms with E-state index in [-0.39, 0.29) is 0 Å². The molecule has 0 saturated heterocycles. The molecule has 0 spiro atoms. The molecule has 0 saturated carbocycles. The van der Waals surface area contributed by atoms with Crippen LogP contribution in [0.3, 0.4) is 0 Å². The number of hydrogen-bond donors (Lipinski definition) is 3. The molecule has 0 fully saturated rings. The molecule has 0 aliphatic heterocycles. The lowest BCUT2D eigenvalue weighted by atomic mass is 10.1. The minimum Gasteiger partial charge on any atom is -0.399 e. The van der Waals surface area contributed by atoms with Gasteiger partial charge < -0.3 is 15.8 Å². The Labute approximate surface area is 102 Å². The second-order valence-corrected chi connectivity index (χ2v) is 4.53. The van der Waals surface area contributed by atoms with E-state index in [1.54, 1.807) is 0 Å². The normalized spacial score (nSPS) is 11.1. The molecular weight excluding hydrogens is 212 g/mol. The Kier molecular flexibility index (Phi) is 4.04. The van der Waals surface area contributed by atoms with E-state index in [0.29, 0.717) is 6.61 Å². The van der Waals surface area contributed by atoms with Crippen LogP contribution in [0.5, 0.6) is 0 Å². The third-order valence-corrected chi connectivity index (χ3v) is 3.06. The number of aromatic amines is 1. The standard InChI is InChI=1S/C14H20N2O/c15-12-7-6-11-9-13(16-14(11)10-12)5-3-1-2-4-8-17/h6-7,9-10,16-17H,1-5,8,15H2. The topological polar surface area (TPSA) is 62.0 Å². The minimum absolute atomic E-state index is 0.311. The highest BCUT2D eigenvalue weighted by Gasteiger charge is 2.01. The van der Waals surface area contributed by atoms with Gasteiger partial charge in [0, 0.05) is 23.5 Å². The number of H-pyrrole nitrogens is 1. The predicted molar refractivity (Wildman–Crippen MR) is 72.0 cm³/mol. The average molecular weight is 232 g/mol.